The van der Waals surface area contributed by atoms with E-state index in [9.17, 15) is 4.79 Å². The Morgan fingerprint density at radius 3 is 3.06 bits per heavy atom. The highest BCUT2D eigenvalue weighted by Gasteiger charge is 2.31. The topological polar surface area (TPSA) is 32.8 Å². The summed E-state index contributed by atoms with van der Waals surface area (Å²) in [6, 6.07) is 0.639. The molecule has 2 aliphatic heterocycles. The highest BCUT2D eigenvalue weighted by atomic mass is 16.5. The first-order valence-corrected chi connectivity index (χ1v) is 6.32. The van der Waals surface area contributed by atoms with E-state index in [1.54, 1.807) is 7.11 Å². The number of carbonyl (C=O) groups is 1. The molecule has 2 heterocycles. The molecule has 2 aliphatic rings. The van der Waals surface area contributed by atoms with Crippen LogP contribution in [0.2, 0.25) is 0 Å². The molecule has 2 fully saturated rings. The molecule has 1 atom stereocenters. The zero-order valence-electron chi connectivity index (χ0n) is 10.2. The second-order valence-electron chi connectivity index (χ2n) is 4.77. The molecule has 0 aromatic carbocycles. The number of nitrogens with zero attached hydrogens (tertiary/aromatic N) is 2. The molecule has 0 bridgehead atoms. The summed E-state index contributed by atoms with van der Waals surface area (Å²) in [6.45, 7) is 4.86. The number of methoxy groups -OCH3 is 1. The molecule has 0 aliphatic carbocycles. The monoisotopic (exact) mass is 226 g/mol. The Labute approximate surface area is 97.5 Å². The van der Waals surface area contributed by atoms with Crippen LogP contribution in [0.4, 0.5) is 0 Å². The van der Waals surface area contributed by atoms with E-state index in [0.29, 0.717) is 25.0 Å². The molecule has 0 radical (unpaired) electrons. The minimum atomic E-state index is 0.309. The van der Waals surface area contributed by atoms with Crippen LogP contribution < -0.4 is 0 Å². The van der Waals surface area contributed by atoms with Gasteiger partial charge in [-0.1, -0.05) is 0 Å². The Kier molecular flexibility index (Phi) is 4.18. The van der Waals surface area contributed by atoms with Gasteiger partial charge in [0.05, 0.1) is 0 Å². The molecule has 2 saturated heterocycles. The normalized spacial score (nSPS) is 25.8. The molecular weight excluding hydrogens is 204 g/mol. The zero-order valence-corrected chi connectivity index (χ0v) is 10.2. The first kappa shape index (κ1) is 11.9. The van der Waals surface area contributed by atoms with E-state index in [-0.39, 0.29) is 0 Å². The highest BCUT2D eigenvalue weighted by Crippen LogP contribution is 2.21. The van der Waals surface area contributed by atoms with Gasteiger partial charge < -0.3 is 9.64 Å². The van der Waals surface area contributed by atoms with Crippen molar-refractivity contribution in [2.75, 3.05) is 39.9 Å². The van der Waals surface area contributed by atoms with Crippen molar-refractivity contribution >= 4 is 5.91 Å². The number of piperazine rings is 1. The van der Waals surface area contributed by atoms with Crippen LogP contribution >= 0.6 is 0 Å². The first-order valence-electron chi connectivity index (χ1n) is 6.32. The quantitative estimate of drug-likeness (QED) is 0.662. The van der Waals surface area contributed by atoms with E-state index < -0.39 is 0 Å². The molecule has 0 aromatic heterocycles. The lowest BCUT2D eigenvalue weighted by Gasteiger charge is -2.37. The predicted octanol–water partition coefficient (Wildman–Crippen LogP) is 0.720. The summed E-state index contributed by atoms with van der Waals surface area (Å²) in [4.78, 5) is 16.5. The summed E-state index contributed by atoms with van der Waals surface area (Å²) in [6.07, 6.45) is 4.05. The van der Waals surface area contributed by atoms with Crippen molar-refractivity contribution in [3.8, 4) is 0 Å². The van der Waals surface area contributed by atoms with Crippen molar-refractivity contribution in [2.45, 2.75) is 31.7 Å². The van der Waals surface area contributed by atoms with Gasteiger partial charge in [0.25, 0.3) is 0 Å². The molecule has 0 spiro atoms. The van der Waals surface area contributed by atoms with Gasteiger partial charge in [0.2, 0.25) is 5.91 Å². The molecule has 2 rings (SSSR count). The Bertz CT molecular complexity index is 245. The van der Waals surface area contributed by atoms with E-state index in [1.807, 2.05) is 4.90 Å². The lowest BCUT2D eigenvalue weighted by molar-refractivity contribution is -0.134. The van der Waals surface area contributed by atoms with Gasteiger partial charge in [-0.25, -0.2) is 0 Å². The van der Waals surface area contributed by atoms with Gasteiger partial charge in [0.15, 0.2) is 0 Å². The summed E-state index contributed by atoms with van der Waals surface area (Å²) in [5.41, 5.74) is 0. The molecule has 4 nitrogen and oxygen atoms in total. The fourth-order valence-corrected chi connectivity index (χ4v) is 2.74. The van der Waals surface area contributed by atoms with Crippen LogP contribution in [0, 0.1) is 0 Å². The number of carbonyl (C=O) groups excluding carboxylic acids is 1. The zero-order chi connectivity index (χ0) is 11.4. The smallest absolute Gasteiger partial charge is 0.222 e. The minimum Gasteiger partial charge on any atom is -0.385 e. The van der Waals surface area contributed by atoms with Crippen molar-refractivity contribution in [3.63, 3.8) is 0 Å². The van der Waals surface area contributed by atoms with Crippen LogP contribution in [0.25, 0.3) is 0 Å². The summed E-state index contributed by atoms with van der Waals surface area (Å²) >= 11 is 0. The number of hydrogen-bond donors (Lipinski definition) is 0. The van der Waals surface area contributed by atoms with E-state index in [0.717, 1.165) is 26.1 Å². The molecule has 0 aromatic rings. The van der Waals surface area contributed by atoms with Crippen molar-refractivity contribution < 1.29 is 9.53 Å². The minimum absolute atomic E-state index is 0.309. The number of amides is 1. The van der Waals surface area contributed by atoms with Gasteiger partial charge in [0, 0.05) is 45.8 Å². The molecule has 4 heteroatoms. The SMILES string of the molecule is COCCCC(=O)N1CCN2CCC[C@H]2C1. The summed E-state index contributed by atoms with van der Waals surface area (Å²) < 4.78 is 4.97. The molecule has 0 N–H and O–H groups in total. The van der Waals surface area contributed by atoms with Crippen molar-refractivity contribution in [1.29, 1.82) is 0 Å². The molecule has 0 saturated carbocycles. The van der Waals surface area contributed by atoms with Crippen LogP contribution in [-0.4, -0.2) is 61.6 Å². The van der Waals surface area contributed by atoms with Crippen LogP contribution in [-0.2, 0) is 9.53 Å². The Hall–Kier alpha value is -0.610. The van der Waals surface area contributed by atoms with Gasteiger partial charge in [-0.3, -0.25) is 9.69 Å². The largest absolute Gasteiger partial charge is 0.385 e. The van der Waals surface area contributed by atoms with Crippen LogP contribution in [0.15, 0.2) is 0 Å². The van der Waals surface area contributed by atoms with Crippen molar-refractivity contribution in [3.05, 3.63) is 0 Å². The van der Waals surface area contributed by atoms with E-state index >= 15 is 0 Å². The van der Waals surface area contributed by atoms with E-state index in [1.165, 1.54) is 19.4 Å². The lowest BCUT2D eigenvalue weighted by atomic mass is 10.1. The standard InChI is InChI=1S/C12H22N2O2/c1-16-9-3-5-12(15)14-8-7-13-6-2-4-11(13)10-14/h11H,2-10H2,1H3/t11-/m0/s1. The molecule has 1 amide bonds. The van der Waals surface area contributed by atoms with Crippen LogP contribution in [0.3, 0.4) is 0 Å². The summed E-state index contributed by atoms with van der Waals surface area (Å²) in [5, 5.41) is 0. The van der Waals surface area contributed by atoms with Crippen molar-refractivity contribution in [2.24, 2.45) is 0 Å². The van der Waals surface area contributed by atoms with Crippen molar-refractivity contribution in [1.82, 2.24) is 9.80 Å². The average molecular weight is 226 g/mol. The molecule has 0 unspecified atom stereocenters. The number of ether oxygens (including phenoxy) is 1. The third-order valence-electron chi connectivity index (χ3n) is 3.68. The molecule has 16 heavy (non-hydrogen) atoms. The van der Waals surface area contributed by atoms with E-state index in [2.05, 4.69) is 4.90 Å². The maximum atomic E-state index is 11.9. The highest BCUT2D eigenvalue weighted by molar-refractivity contribution is 5.76. The molecular formula is C12H22N2O2. The van der Waals surface area contributed by atoms with Crippen LogP contribution in [0.5, 0.6) is 0 Å². The fraction of sp³-hybridized carbons (Fsp3) is 0.917. The Morgan fingerprint density at radius 2 is 2.25 bits per heavy atom. The number of fused-ring (bicyclic) bond motifs is 1. The summed E-state index contributed by atoms with van der Waals surface area (Å²) in [7, 11) is 1.68. The third-order valence-corrected chi connectivity index (χ3v) is 3.68. The Morgan fingerprint density at radius 1 is 1.38 bits per heavy atom. The second kappa shape index (κ2) is 5.64. The van der Waals surface area contributed by atoms with Gasteiger partial charge >= 0.3 is 0 Å². The van der Waals surface area contributed by atoms with Gasteiger partial charge in [-0.2, -0.15) is 0 Å². The molecule has 92 valence electrons. The summed E-state index contributed by atoms with van der Waals surface area (Å²) in [5.74, 6) is 0.309. The number of hydrogen-bond acceptors (Lipinski definition) is 3. The fourth-order valence-electron chi connectivity index (χ4n) is 2.74. The van der Waals surface area contributed by atoms with Gasteiger partial charge in [0.1, 0.15) is 0 Å². The lowest BCUT2D eigenvalue weighted by Crippen LogP contribution is -2.52. The number of rotatable bonds is 4. The van der Waals surface area contributed by atoms with E-state index in [4.69, 9.17) is 4.74 Å². The van der Waals surface area contributed by atoms with Crippen LogP contribution in [0.1, 0.15) is 25.7 Å². The average Bonchev–Trinajstić information content (AvgIpc) is 2.76. The van der Waals surface area contributed by atoms with Gasteiger partial charge in [-0.15, -0.1) is 0 Å². The maximum Gasteiger partial charge on any atom is 0.222 e. The third kappa shape index (κ3) is 2.74. The second-order valence-corrected chi connectivity index (χ2v) is 4.77. The maximum absolute atomic E-state index is 11.9. The Balaban J connectivity index is 1.75. The first-order chi connectivity index (χ1) is 7.81. The predicted molar refractivity (Wildman–Crippen MR) is 62.3 cm³/mol. The van der Waals surface area contributed by atoms with Gasteiger partial charge in [-0.05, 0) is 25.8 Å².